The molecule has 3 heterocycles. The lowest BCUT2D eigenvalue weighted by molar-refractivity contribution is -0.130. The highest BCUT2D eigenvalue weighted by Crippen LogP contribution is 2.36. The Morgan fingerprint density at radius 1 is 1.16 bits per heavy atom. The van der Waals surface area contributed by atoms with Gasteiger partial charge in [-0.15, -0.1) is 5.10 Å². The summed E-state index contributed by atoms with van der Waals surface area (Å²) in [4.78, 5) is 20.8. The standard InChI is InChI=1S/C16H21N7OS/c24-15(12-25-16-18-19-20-23(16)14-1-2-14)22-9-7-21(8-10-22)11-13-3-5-17-6-4-13/h3-6,14H,1-2,7-12H2. The monoisotopic (exact) mass is 359 g/mol. The molecular formula is C16H21N7OS. The highest BCUT2D eigenvalue weighted by atomic mass is 32.2. The zero-order valence-corrected chi connectivity index (χ0v) is 14.8. The van der Waals surface area contributed by atoms with Gasteiger partial charge in [0.1, 0.15) is 0 Å². The molecule has 0 atom stereocenters. The maximum Gasteiger partial charge on any atom is 0.233 e. The number of carbonyl (C=O) groups is 1. The zero-order valence-electron chi connectivity index (χ0n) is 14.0. The number of aromatic nitrogens is 5. The number of amides is 1. The first-order valence-electron chi connectivity index (χ1n) is 8.59. The second kappa shape index (κ2) is 7.49. The average Bonchev–Trinajstić information content (AvgIpc) is 3.39. The molecule has 2 aliphatic rings. The summed E-state index contributed by atoms with van der Waals surface area (Å²) in [6.07, 6.45) is 5.90. The molecular weight excluding hydrogens is 338 g/mol. The van der Waals surface area contributed by atoms with Crippen LogP contribution < -0.4 is 0 Å². The molecule has 0 spiro atoms. The summed E-state index contributed by atoms with van der Waals surface area (Å²) >= 11 is 1.44. The van der Waals surface area contributed by atoms with Crippen molar-refractivity contribution >= 4 is 17.7 Å². The largest absolute Gasteiger partial charge is 0.339 e. The fraction of sp³-hybridized carbons (Fsp3) is 0.562. The Morgan fingerprint density at radius 2 is 1.92 bits per heavy atom. The van der Waals surface area contributed by atoms with Crippen LogP contribution in [0.15, 0.2) is 29.7 Å². The maximum atomic E-state index is 12.5. The topological polar surface area (TPSA) is 80.0 Å². The predicted octanol–water partition coefficient (Wildman–Crippen LogP) is 0.839. The summed E-state index contributed by atoms with van der Waals surface area (Å²) in [7, 11) is 0. The van der Waals surface area contributed by atoms with Gasteiger partial charge in [-0.25, -0.2) is 4.68 Å². The molecule has 2 fully saturated rings. The molecule has 1 amide bonds. The van der Waals surface area contributed by atoms with Crippen molar-refractivity contribution in [1.29, 1.82) is 0 Å². The van der Waals surface area contributed by atoms with Gasteiger partial charge in [0, 0.05) is 45.1 Å². The molecule has 25 heavy (non-hydrogen) atoms. The molecule has 4 rings (SSSR count). The molecule has 1 aliphatic heterocycles. The number of carbonyl (C=O) groups excluding carboxylic acids is 1. The second-order valence-corrected chi connectivity index (χ2v) is 7.38. The number of nitrogens with zero attached hydrogens (tertiary/aromatic N) is 7. The van der Waals surface area contributed by atoms with Crippen LogP contribution in [0.25, 0.3) is 0 Å². The molecule has 2 aromatic rings. The molecule has 1 saturated carbocycles. The Morgan fingerprint density at radius 3 is 2.64 bits per heavy atom. The highest BCUT2D eigenvalue weighted by molar-refractivity contribution is 7.99. The smallest absolute Gasteiger partial charge is 0.233 e. The fourth-order valence-corrected chi connectivity index (χ4v) is 3.80. The summed E-state index contributed by atoms with van der Waals surface area (Å²) in [6.45, 7) is 4.27. The van der Waals surface area contributed by atoms with Crippen LogP contribution in [-0.4, -0.2) is 72.8 Å². The van der Waals surface area contributed by atoms with Crippen LogP contribution >= 0.6 is 11.8 Å². The zero-order chi connectivity index (χ0) is 17.1. The Balaban J connectivity index is 1.23. The Kier molecular flexibility index (Phi) is 4.93. The van der Waals surface area contributed by atoms with Crippen molar-refractivity contribution in [1.82, 2.24) is 35.0 Å². The van der Waals surface area contributed by atoms with Crippen LogP contribution in [0.3, 0.4) is 0 Å². The minimum atomic E-state index is 0.166. The van der Waals surface area contributed by atoms with Gasteiger partial charge in [0.25, 0.3) is 0 Å². The molecule has 9 heteroatoms. The molecule has 1 aliphatic carbocycles. The number of hydrogen-bond acceptors (Lipinski definition) is 7. The summed E-state index contributed by atoms with van der Waals surface area (Å²) in [5, 5.41) is 12.5. The Bertz CT molecular complexity index is 710. The van der Waals surface area contributed by atoms with E-state index in [0.29, 0.717) is 11.8 Å². The molecule has 0 unspecified atom stereocenters. The van der Waals surface area contributed by atoms with Crippen molar-refractivity contribution in [3.63, 3.8) is 0 Å². The van der Waals surface area contributed by atoms with Gasteiger partial charge in [-0.05, 0) is 41.0 Å². The van der Waals surface area contributed by atoms with E-state index in [-0.39, 0.29) is 5.91 Å². The number of pyridine rings is 1. The number of piperazine rings is 1. The van der Waals surface area contributed by atoms with Crippen molar-refractivity contribution in [2.45, 2.75) is 30.6 Å². The van der Waals surface area contributed by atoms with Gasteiger partial charge in [-0.3, -0.25) is 14.7 Å². The van der Waals surface area contributed by atoms with Crippen molar-refractivity contribution in [3.05, 3.63) is 30.1 Å². The van der Waals surface area contributed by atoms with E-state index < -0.39 is 0 Å². The van der Waals surface area contributed by atoms with Crippen LogP contribution in [0, 0.1) is 0 Å². The van der Waals surface area contributed by atoms with E-state index in [2.05, 4.69) is 25.4 Å². The Hall–Kier alpha value is -2.00. The van der Waals surface area contributed by atoms with E-state index in [1.165, 1.54) is 17.3 Å². The van der Waals surface area contributed by atoms with E-state index in [9.17, 15) is 4.79 Å². The quantitative estimate of drug-likeness (QED) is 0.707. The molecule has 132 valence electrons. The van der Waals surface area contributed by atoms with Crippen molar-refractivity contribution < 1.29 is 4.79 Å². The lowest BCUT2D eigenvalue weighted by Gasteiger charge is -2.34. The van der Waals surface area contributed by atoms with Gasteiger partial charge >= 0.3 is 0 Å². The lowest BCUT2D eigenvalue weighted by Crippen LogP contribution is -2.48. The first kappa shape index (κ1) is 16.5. The molecule has 0 bridgehead atoms. The Labute approximate surface area is 150 Å². The number of tetrazole rings is 1. The summed E-state index contributed by atoms with van der Waals surface area (Å²) < 4.78 is 1.85. The first-order valence-corrected chi connectivity index (χ1v) is 9.58. The van der Waals surface area contributed by atoms with Crippen LogP contribution in [0.1, 0.15) is 24.4 Å². The van der Waals surface area contributed by atoms with E-state index in [1.54, 1.807) is 0 Å². The van der Waals surface area contributed by atoms with Gasteiger partial charge < -0.3 is 4.90 Å². The van der Waals surface area contributed by atoms with Crippen molar-refractivity contribution in [3.8, 4) is 0 Å². The summed E-state index contributed by atoms with van der Waals surface area (Å²) in [5.41, 5.74) is 1.26. The van der Waals surface area contributed by atoms with Crippen molar-refractivity contribution in [2.75, 3.05) is 31.9 Å². The SMILES string of the molecule is O=C(CSc1nnnn1C1CC1)N1CCN(Cc2ccncc2)CC1. The number of rotatable bonds is 6. The van der Waals surface area contributed by atoms with Crippen LogP contribution in [-0.2, 0) is 11.3 Å². The molecule has 2 aromatic heterocycles. The van der Waals surface area contributed by atoms with Crippen molar-refractivity contribution in [2.24, 2.45) is 0 Å². The minimum Gasteiger partial charge on any atom is -0.339 e. The van der Waals surface area contributed by atoms with E-state index >= 15 is 0 Å². The van der Waals surface area contributed by atoms with Gasteiger partial charge in [0.15, 0.2) is 0 Å². The molecule has 8 nitrogen and oxygen atoms in total. The average molecular weight is 359 g/mol. The highest BCUT2D eigenvalue weighted by Gasteiger charge is 2.28. The van der Waals surface area contributed by atoms with Gasteiger partial charge in [-0.1, -0.05) is 11.8 Å². The second-order valence-electron chi connectivity index (χ2n) is 6.44. The molecule has 1 saturated heterocycles. The number of thioether (sulfide) groups is 1. The molecule has 0 aromatic carbocycles. The minimum absolute atomic E-state index is 0.166. The van der Waals surface area contributed by atoms with Gasteiger partial charge in [0.2, 0.25) is 11.1 Å². The summed E-state index contributed by atoms with van der Waals surface area (Å²) in [5.74, 6) is 0.566. The first-order chi connectivity index (χ1) is 12.3. The molecule has 0 N–H and O–H groups in total. The van der Waals surface area contributed by atoms with Crippen LogP contribution in [0.2, 0.25) is 0 Å². The third-order valence-electron chi connectivity index (χ3n) is 4.56. The number of hydrogen-bond donors (Lipinski definition) is 0. The van der Waals surface area contributed by atoms with E-state index in [0.717, 1.165) is 50.7 Å². The van der Waals surface area contributed by atoms with Crippen LogP contribution in [0.5, 0.6) is 0 Å². The third kappa shape index (κ3) is 4.16. The van der Waals surface area contributed by atoms with Gasteiger partial charge in [0.05, 0.1) is 11.8 Å². The fourth-order valence-electron chi connectivity index (χ4n) is 2.95. The summed E-state index contributed by atoms with van der Waals surface area (Å²) in [6, 6.07) is 4.51. The van der Waals surface area contributed by atoms with Gasteiger partial charge in [-0.2, -0.15) is 0 Å². The molecule has 0 radical (unpaired) electrons. The van der Waals surface area contributed by atoms with E-state index in [4.69, 9.17) is 0 Å². The van der Waals surface area contributed by atoms with E-state index in [1.807, 2.05) is 34.1 Å². The van der Waals surface area contributed by atoms with Crippen LogP contribution in [0.4, 0.5) is 0 Å². The third-order valence-corrected chi connectivity index (χ3v) is 5.48. The normalized spacial score (nSPS) is 18.5. The maximum absolute atomic E-state index is 12.5. The predicted molar refractivity (Wildman–Crippen MR) is 92.9 cm³/mol. The lowest BCUT2D eigenvalue weighted by atomic mass is 10.2.